The minimum absolute atomic E-state index is 0.0106. The number of hydrogen-bond acceptors (Lipinski definition) is 10. The number of nitrogens with zero attached hydrogens (tertiary/aromatic N) is 1. The maximum Gasteiger partial charge on any atom is 0.516 e. The Kier molecular flexibility index (Phi) is 8.24. The Morgan fingerprint density at radius 1 is 1.07 bits per heavy atom. The summed E-state index contributed by atoms with van der Waals surface area (Å²) in [6.07, 6.45) is -3.15. The second-order valence-corrected chi connectivity index (χ2v) is 10.0. The van der Waals surface area contributed by atoms with Gasteiger partial charge < -0.3 is 29.7 Å². The van der Waals surface area contributed by atoms with E-state index >= 15 is 0 Å². The summed E-state index contributed by atoms with van der Waals surface area (Å²) in [6, 6.07) is 15.8. The zero-order valence-electron chi connectivity index (χ0n) is 21.6. The average molecular weight is 568 g/mol. The van der Waals surface area contributed by atoms with Gasteiger partial charge in [0.1, 0.15) is 18.8 Å². The largest absolute Gasteiger partial charge is 0.516 e. The summed E-state index contributed by atoms with van der Waals surface area (Å²) in [4.78, 5) is 39.4. The Morgan fingerprint density at radius 2 is 1.73 bits per heavy atom. The van der Waals surface area contributed by atoms with E-state index in [0.717, 1.165) is 22.3 Å². The average Bonchev–Trinajstić information content (AvgIpc) is 3.42. The van der Waals surface area contributed by atoms with E-state index in [2.05, 4.69) is 10.3 Å². The van der Waals surface area contributed by atoms with Crippen LogP contribution in [0.3, 0.4) is 0 Å². The molecule has 1 aliphatic heterocycles. The lowest BCUT2D eigenvalue weighted by molar-refractivity contribution is -0.138. The van der Waals surface area contributed by atoms with Crippen molar-refractivity contribution in [2.24, 2.45) is 0 Å². The van der Waals surface area contributed by atoms with E-state index in [9.17, 15) is 24.6 Å². The number of benzene rings is 2. The first-order chi connectivity index (χ1) is 19.3. The molecule has 5 rings (SSSR count). The highest BCUT2D eigenvalue weighted by Crippen LogP contribution is 2.44. The molecule has 4 atom stereocenters. The molecule has 0 spiro atoms. The van der Waals surface area contributed by atoms with Crippen LogP contribution in [-0.4, -0.2) is 63.4 Å². The SMILES string of the molecule is CC[C@H]1O[C@@H](n2cc(CNCC(=O)OC(=O)OCC3c4ccccc4-c4ccccc43)c(=O)[nH]c2=S)[C@H](O)[C@@H]1O. The molecule has 0 bridgehead atoms. The fourth-order valence-corrected chi connectivity index (χ4v) is 5.44. The van der Waals surface area contributed by atoms with E-state index in [-0.39, 0.29) is 35.9 Å². The number of carbonyl (C=O) groups excluding carboxylic acids is 2. The Balaban J connectivity index is 1.14. The van der Waals surface area contributed by atoms with Crippen LogP contribution in [0.5, 0.6) is 0 Å². The van der Waals surface area contributed by atoms with Crippen molar-refractivity contribution >= 4 is 24.3 Å². The molecule has 12 heteroatoms. The molecule has 0 radical (unpaired) electrons. The Morgan fingerprint density at radius 3 is 2.35 bits per heavy atom. The topological polar surface area (TPSA) is 152 Å². The number of esters is 1. The quantitative estimate of drug-likeness (QED) is 0.182. The lowest BCUT2D eigenvalue weighted by Crippen LogP contribution is -2.33. The van der Waals surface area contributed by atoms with Gasteiger partial charge in [0.15, 0.2) is 11.0 Å². The van der Waals surface area contributed by atoms with Gasteiger partial charge in [0.25, 0.3) is 5.56 Å². The van der Waals surface area contributed by atoms with Gasteiger partial charge in [-0.15, -0.1) is 0 Å². The second-order valence-electron chi connectivity index (χ2n) is 9.64. The zero-order valence-corrected chi connectivity index (χ0v) is 22.4. The number of aromatic amines is 1. The number of aliphatic hydroxyl groups excluding tert-OH is 2. The summed E-state index contributed by atoms with van der Waals surface area (Å²) in [7, 11) is 0. The molecule has 1 saturated heterocycles. The molecule has 210 valence electrons. The Hall–Kier alpha value is -3.68. The van der Waals surface area contributed by atoms with Gasteiger partial charge >= 0.3 is 12.1 Å². The van der Waals surface area contributed by atoms with Crippen molar-refractivity contribution in [3.63, 3.8) is 0 Å². The molecule has 2 aromatic carbocycles. The van der Waals surface area contributed by atoms with E-state index in [1.165, 1.54) is 10.8 Å². The first kappa shape index (κ1) is 27.9. The predicted molar refractivity (Wildman–Crippen MR) is 145 cm³/mol. The lowest BCUT2D eigenvalue weighted by Gasteiger charge is -2.19. The molecular weight excluding hydrogens is 538 g/mol. The highest BCUT2D eigenvalue weighted by molar-refractivity contribution is 7.71. The van der Waals surface area contributed by atoms with Gasteiger partial charge in [-0.3, -0.25) is 19.1 Å². The number of H-pyrrole nitrogens is 1. The van der Waals surface area contributed by atoms with Crippen LogP contribution in [0.1, 0.15) is 42.2 Å². The van der Waals surface area contributed by atoms with Crippen LogP contribution in [0.4, 0.5) is 4.79 Å². The normalized spacial score (nSPS) is 21.6. The summed E-state index contributed by atoms with van der Waals surface area (Å²) < 4.78 is 17.1. The molecule has 1 fully saturated rings. The van der Waals surface area contributed by atoms with E-state index < -0.39 is 42.2 Å². The molecule has 3 aromatic rings. The van der Waals surface area contributed by atoms with Crippen molar-refractivity contribution in [3.05, 3.63) is 86.5 Å². The zero-order chi connectivity index (χ0) is 28.4. The lowest BCUT2D eigenvalue weighted by atomic mass is 9.98. The van der Waals surface area contributed by atoms with Crippen LogP contribution in [0.2, 0.25) is 0 Å². The highest BCUT2D eigenvalue weighted by Gasteiger charge is 2.42. The van der Waals surface area contributed by atoms with Crippen LogP contribution in [0.15, 0.2) is 59.5 Å². The number of hydrogen-bond donors (Lipinski definition) is 4. The number of aromatic nitrogens is 2. The number of fused-ring (bicyclic) bond motifs is 3. The van der Waals surface area contributed by atoms with E-state index in [1.807, 2.05) is 55.5 Å². The molecule has 40 heavy (non-hydrogen) atoms. The molecule has 2 heterocycles. The Labute approximate surface area is 234 Å². The third kappa shape index (κ3) is 5.49. The van der Waals surface area contributed by atoms with E-state index in [4.69, 9.17) is 26.4 Å². The maximum atomic E-state index is 12.4. The molecule has 4 N–H and O–H groups in total. The van der Waals surface area contributed by atoms with Gasteiger partial charge in [-0.2, -0.15) is 0 Å². The summed E-state index contributed by atoms with van der Waals surface area (Å²) in [6.45, 7) is 1.37. The molecule has 0 saturated carbocycles. The second kappa shape index (κ2) is 11.8. The van der Waals surface area contributed by atoms with Crippen LogP contribution in [0, 0.1) is 4.77 Å². The van der Waals surface area contributed by atoms with Gasteiger partial charge in [0.2, 0.25) is 0 Å². The van der Waals surface area contributed by atoms with Crippen molar-refractivity contribution in [3.8, 4) is 11.1 Å². The van der Waals surface area contributed by atoms with Crippen molar-refractivity contribution in [1.82, 2.24) is 14.9 Å². The van der Waals surface area contributed by atoms with E-state index in [1.54, 1.807) is 0 Å². The Bertz CT molecular complexity index is 1490. The van der Waals surface area contributed by atoms with Gasteiger partial charge in [-0.1, -0.05) is 55.5 Å². The predicted octanol–water partition coefficient (Wildman–Crippen LogP) is 2.52. The third-order valence-electron chi connectivity index (χ3n) is 7.17. The fourth-order valence-electron chi connectivity index (χ4n) is 5.19. The molecule has 2 aliphatic rings. The molecule has 1 aliphatic carbocycles. The van der Waals surface area contributed by atoms with Gasteiger partial charge in [-0.25, -0.2) is 4.79 Å². The summed E-state index contributed by atoms with van der Waals surface area (Å²) in [5.41, 5.74) is 3.92. The van der Waals surface area contributed by atoms with E-state index in [0.29, 0.717) is 6.42 Å². The number of nitrogens with one attached hydrogen (secondary N) is 2. The number of aliphatic hydroxyl groups is 2. The minimum Gasteiger partial charge on any atom is -0.433 e. The van der Waals surface area contributed by atoms with Gasteiger partial charge in [0.05, 0.1) is 12.6 Å². The minimum atomic E-state index is -1.24. The first-order valence-corrected chi connectivity index (χ1v) is 13.3. The van der Waals surface area contributed by atoms with Crippen LogP contribution >= 0.6 is 12.2 Å². The van der Waals surface area contributed by atoms with Crippen LogP contribution in [-0.2, 0) is 25.5 Å². The molecule has 1 aromatic heterocycles. The van der Waals surface area contributed by atoms with Gasteiger partial charge in [-0.05, 0) is 40.9 Å². The molecule has 0 amide bonds. The van der Waals surface area contributed by atoms with Crippen molar-refractivity contribution in [1.29, 1.82) is 0 Å². The fraction of sp³-hybridized carbons (Fsp3) is 0.357. The number of carbonyl (C=O) groups is 2. The summed E-state index contributed by atoms with van der Waals surface area (Å²) >= 11 is 5.20. The van der Waals surface area contributed by atoms with Crippen LogP contribution < -0.4 is 10.9 Å². The standard InChI is InChI=1S/C28H29N3O8S/c1-2-21-23(33)24(34)26(38-21)31-13-15(25(35)30-27(31)40)11-29-12-22(32)39-28(36)37-14-20-18-9-5-3-7-16(18)17-8-4-6-10-19(17)20/h3-10,13,20-21,23-24,26,29,33-34H,2,11-12,14H2,1H3,(H,30,35,40)/t21-,23-,24-,26-/m1/s1. The maximum absolute atomic E-state index is 12.4. The van der Waals surface area contributed by atoms with Crippen molar-refractivity contribution < 1.29 is 34.0 Å². The van der Waals surface area contributed by atoms with Gasteiger partial charge in [0, 0.05) is 24.2 Å². The molecular formula is C28H29N3O8S. The number of ether oxygens (including phenoxy) is 3. The van der Waals surface area contributed by atoms with Crippen molar-refractivity contribution in [2.75, 3.05) is 13.2 Å². The first-order valence-electron chi connectivity index (χ1n) is 12.9. The molecule has 11 nitrogen and oxygen atoms in total. The van der Waals surface area contributed by atoms with Crippen LogP contribution in [0.25, 0.3) is 11.1 Å². The smallest absolute Gasteiger partial charge is 0.433 e. The summed E-state index contributed by atoms with van der Waals surface area (Å²) in [5, 5.41) is 23.3. The third-order valence-corrected chi connectivity index (χ3v) is 7.48. The monoisotopic (exact) mass is 567 g/mol. The number of rotatable bonds is 8. The van der Waals surface area contributed by atoms with Crippen molar-refractivity contribution in [2.45, 2.75) is 50.3 Å². The summed E-state index contributed by atoms with van der Waals surface area (Å²) in [5.74, 6) is -1.06. The molecule has 0 unspecified atom stereocenters. The highest BCUT2D eigenvalue weighted by atomic mass is 32.1.